The van der Waals surface area contributed by atoms with Gasteiger partial charge in [0, 0.05) is 18.2 Å². The van der Waals surface area contributed by atoms with Crippen molar-refractivity contribution in [2.24, 2.45) is 0 Å². The van der Waals surface area contributed by atoms with Crippen LogP contribution in [0.15, 0.2) is 24.4 Å². The lowest BCUT2D eigenvalue weighted by Gasteiger charge is -2.15. The molecule has 0 saturated carbocycles. The fourth-order valence-electron chi connectivity index (χ4n) is 2.74. The molecule has 0 aliphatic carbocycles. The molecule has 0 bridgehead atoms. The maximum Gasteiger partial charge on any atom is 0.0654 e. The number of nitrogens with zero attached hydrogens (tertiary/aromatic N) is 2. The predicted octanol–water partition coefficient (Wildman–Crippen LogP) is 4.11. The Kier molecular flexibility index (Phi) is 4.84. The summed E-state index contributed by atoms with van der Waals surface area (Å²) in [4.78, 5) is 0. The Labute approximate surface area is 128 Å². The summed E-state index contributed by atoms with van der Waals surface area (Å²) in [6.07, 6.45) is 2.00. The van der Waals surface area contributed by atoms with Crippen LogP contribution in [-0.4, -0.2) is 15.8 Å². The number of hydrogen-bond donors (Lipinski definition) is 1. The molecule has 0 radical (unpaired) electrons. The van der Waals surface area contributed by atoms with Gasteiger partial charge in [-0.15, -0.1) is 0 Å². The van der Waals surface area contributed by atoms with Gasteiger partial charge >= 0.3 is 0 Å². The second-order valence-corrected chi connectivity index (χ2v) is 6.50. The first-order valence-electron chi connectivity index (χ1n) is 7.77. The van der Waals surface area contributed by atoms with E-state index >= 15 is 0 Å². The Morgan fingerprint density at radius 1 is 1.05 bits per heavy atom. The predicted molar refractivity (Wildman–Crippen MR) is 89.1 cm³/mol. The Balaban J connectivity index is 2.44. The van der Waals surface area contributed by atoms with Gasteiger partial charge in [-0.25, -0.2) is 4.68 Å². The maximum atomic E-state index is 4.64. The van der Waals surface area contributed by atoms with Crippen molar-refractivity contribution in [1.82, 2.24) is 15.1 Å². The van der Waals surface area contributed by atoms with Crippen LogP contribution in [0.3, 0.4) is 0 Å². The highest BCUT2D eigenvalue weighted by atomic mass is 15.3. The summed E-state index contributed by atoms with van der Waals surface area (Å²) in [5.41, 5.74) is 6.30. The second kappa shape index (κ2) is 6.44. The first-order chi connectivity index (χ1) is 9.88. The minimum absolute atomic E-state index is 0.442. The Morgan fingerprint density at radius 3 is 2.19 bits per heavy atom. The molecule has 3 nitrogen and oxygen atoms in total. The van der Waals surface area contributed by atoms with Crippen LogP contribution >= 0.6 is 0 Å². The summed E-state index contributed by atoms with van der Waals surface area (Å²) in [6.45, 7) is 13.9. The first kappa shape index (κ1) is 15.8. The fraction of sp³-hybridized carbons (Fsp3) is 0.500. The molecular formula is C18H27N3. The van der Waals surface area contributed by atoms with Crippen LogP contribution in [0.25, 0.3) is 5.69 Å². The number of rotatable bonds is 5. The van der Waals surface area contributed by atoms with Gasteiger partial charge in [-0.2, -0.15) is 5.10 Å². The van der Waals surface area contributed by atoms with Gasteiger partial charge < -0.3 is 5.32 Å². The first-order valence-corrected chi connectivity index (χ1v) is 7.77. The van der Waals surface area contributed by atoms with E-state index in [-0.39, 0.29) is 0 Å². The second-order valence-electron chi connectivity index (χ2n) is 6.50. The summed E-state index contributed by atoms with van der Waals surface area (Å²) in [5, 5.41) is 8.14. The van der Waals surface area contributed by atoms with Crippen LogP contribution in [0.5, 0.6) is 0 Å². The summed E-state index contributed by atoms with van der Waals surface area (Å²) in [6, 6.07) is 7.08. The third kappa shape index (κ3) is 3.73. The summed E-state index contributed by atoms with van der Waals surface area (Å²) in [5.74, 6) is 0.442. The van der Waals surface area contributed by atoms with Crippen molar-refractivity contribution in [3.8, 4) is 5.69 Å². The number of nitrogens with one attached hydrogen (secondary N) is 1. The lowest BCUT2D eigenvalue weighted by molar-refractivity contribution is 0.582. The third-order valence-electron chi connectivity index (χ3n) is 3.58. The highest BCUT2D eigenvalue weighted by molar-refractivity contribution is 5.41. The number of benzene rings is 1. The van der Waals surface area contributed by atoms with E-state index in [1.807, 2.05) is 6.20 Å². The molecule has 0 atom stereocenters. The van der Waals surface area contributed by atoms with Gasteiger partial charge in [0.25, 0.3) is 0 Å². The van der Waals surface area contributed by atoms with Crippen molar-refractivity contribution in [2.75, 3.05) is 0 Å². The van der Waals surface area contributed by atoms with E-state index in [9.17, 15) is 0 Å². The number of aryl methyl sites for hydroxylation is 2. The van der Waals surface area contributed by atoms with Gasteiger partial charge in [0.15, 0.2) is 0 Å². The summed E-state index contributed by atoms with van der Waals surface area (Å²) >= 11 is 0. The lowest BCUT2D eigenvalue weighted by Crippen LogP contribution is -2.22. The molecule has 21 heavy (non-hydrogen) atoms. The smallest absolute Gasteiger partial charge is 0.0654 e. The lowest BCUT2D eigenvalue weighted by atomic mass is 10.0. The Morgan fingerprint density at radius 2 is 1.67 bits per heavy atom. The molecule has 2 rings (SSSR count). The van der Waals surface area contributed by atoms with Crippen molar-refractivity contribution in [3.05, 3.63) is 46.8 Å². The normalized spacial score (nSPS) is 11.6. The van der Waals surface area contributed by atoms with E-state index < -0.39 is 0 Å². The zero-order valence-electron chi connectivity index (χ0n) is 14.1. The van der Waals surface area contributed by atoms with Crippen molar-refractivity contribution in [1.29, 1.82) is 0 Å². The molecule has 0 amide bonds. The van der Waals surface area contributed by atoms with E-state index in [2.05, 4.69) is 74.8 Å². The van der Waals surface area contributed by atoms with E-state index in [1.54, 1.807) is 0 Å². The fourth-order valence-corrected chi connectivity index (χ4v) is 2.74. The third-order valence-corrected chi connectivity index (χ3v) is 3.58. The summed E-state index contributed by atoms with van der Waals surface area (Å²) in [7, 11) is 0. The minimum atomic E-state index is 0.442. The molecular weight excluding hydrogens is 258 g/mol. The topological polar surface area (TPSA) is 29.9 Å². The van der Waals surface area contributed by atoms with Crippen LogP contribution < -0.4 is 5.32 Å². The van der Waals surface area contributed by atoms with E-state index in [1.165, 1.54) is 22.4 Å². The Hall–Kier alpha value is -1.61. The molecule has 0 saturated heterocycles. The van der Waals surface area contributed by atoms with Gasteiger partial charge in [-0.1, -0.05) is 33.8 Å². The molecule has 1 N–H and O–H groups in total. The highest BCUT2D eigenvalue weighted by Gasteiger charge is 2.16. The van der Waals surface area contributed by atoms with Crippen LogP contribution in [0.2, 0.25) is 0 Å². The van der Waals surface area contributed by atoms with Crippen LogP contribution in [0, 0.1) is 13.8 Å². The number of aromatic nitrogens is 2. The monoisotopic (exact) mass is 285 g/mol. The Bertz CT molecular complexity index is 589. The van der Waals surface area contributed by atoms with Crippen molar-refractivity contribution >= 4 is 0 Å². The molecule has 0 aliphatic heterocycles. The zero-order chi connectivity index (χ0) is 15.6. The van der Waals surface area contributed by atoms with Crippen LogP contribution in [-0.2, 0) is 6.54 Å². The highest BCUT2D eigenvalue weighted by Crippen LogP contribution is 2.24. The van der Waals surface area contributed by atoms with Gasteiger partial charge in [-0.3, -0.25) is 0 Å². The SMILES string of the molecule is Cc1cc(C)cc(-n2ncc(CNC(C)C)c2C(C)C)c1. The van der Waals surface area contributed by atoms with E-state index in [0.717, 1.165) is 12.2 Å². The average Bonchev–Trinajstić information content (AvgIpc) is 2.78. The van der Waals surface area contributed by atoms with Gasteiger partial charge in [0.2, 0.25) is 0 Å². The largest absolute Gasteiger partial charge is 0.310 e. The standard InChI is InChI=1S/C18H27N3/c1-12(2)18-16(10-19-13(3)4)11-20-21(18)17-8-14(5)7-15(6)9-17/h7-9,11-13,19H,10H2,1-6H3. The van der Waals surface area contributed by atoms with Gasteiger partial charge in [-0.05, 0) is 43.0 Å². The van der Waals surface area contributed by atoms with E-state index in [4.69, 9.17) is 0 Å². The molecule has 1 aromatic carbocycles. The number of hydrogen-bond acceptors (Lipinski definition) is 2. The van der Waals surface area contributed by atoms with Crippen molar-refractivity contribution in [3.63, 3.8) is 0 Å². The average molecular weight is 285 g/mol. The summed E-state index contributed by atoms with van der Waals surface area (Å²) < 4.78 is 2.10. The van der Waals surface area contributed by atoms with Gasteiger partial charge in [0.1, 0.15) is 0 Å². The van der Waals surface area contributed by atoms with E-state index in [0.29, 0.717) is 12.0 Å². The van der Waals surface area contributed by atoms with Crippen molar-refractivity contribution in [2.45, 2.75) is 60.0 Å². The van der Waals surface area contributed by atoms with Crippen LogP contribution in [0.1, 0.15) is 56.0 Å². The van der Waals surface area contributed by atoms with Crippen LogP contribution in [0.4, 0.5) is 0 Å². The maximum absolute atomic E-state index is 4.64. The van der Waals surface area contributed by atoms with Crippen molar-refractivity contribution < 1.29 is 0 Å². The van der Waals surface area contributed by atoms with Gasteiger partial charge in [0.05, 0.1) is 17.6 Å². The molecule has 1 heterocycles. The molecule has 114 valence electrons. The molecule has 2 aromatic rings. The molecule has 0 aliphatic rings. The quantitative estimate of drug-likeness (QED) is 0.896. The molecule has 3 heteroatoms. The molecule has 1 aromatic heterocycles. The minimum Gasteiger partial charge on any atom is -0.310 e. The zero-order valence-corrected chi connectivity index (χ0v) is 14.1. The molecule has 0 unspecified atom stereocenters. The molecule has 0 spiro atoms. The molecule has 0 fully saturated rings.